The van der Waals surface area contributed by atoms with Gasteiger partial charge in [0.1, 0.15) is 11.9 Å². The summed E-state index contributed by atoms with van der Waals surface area (Å²) in [7, 11) is 0. The highest BCUT2D eigenvalue weighted by atomic mass is 19.1. The van der Waals surface area contributed by atoms with Gasteiger partial charge in [-0.3, -0.25) is 9.59 Å². The monoisotopic (exact) mass is 412 g/mol. The second-order valence-electron chi connectivity index (χ2n) is 7.91. The van der Waals surface area contributed by atoms with E-state index in [-0.39, 0.29) is 30.2 Å². The molecule has 0 bridgehead atoms. The van der Waals surface area contributed by atoms with Crippen LogP contribution in [0.2, 0.25) is 0 Å². The number of rotatable bonds is 10. The average molecular weight is 413 g/mol. The van der Waals surface area contributed by atoms with E-state index in [1.807, 2.05) is 20.8 Å². The Morgan fingerprint density at radius 1 is 0.933 bits per heavy atom. The van der Waals surface area contributed by atoms with Gasteiger partial charge in [-0.2, -0.15) is 0 Å². The Bertz CT molecular complexity index is 816. The van der Waals surface area contributed by atoms with Crippen molar-refractivity contribution in [1.29, 1.82) is 0 Å². The number of hydrogen-bond donors (Lipinski definition) is 1. The van der Waals surface area contributed by atoms with Gasteiger partial charge in [0.2, 0.25) is 11.8 Å². The lowest BCUT2D eigenvalue weighted by molar-refractivity contribution is -0.141. The van der Waals surface area contributed by atoms with Crippen LogP contribution in [0.3, 0.4) is 0 Å². The van der Waals surface area contributed by atoms with Gasteiger partial charge in [0.25, 0.3) is 0 Å². The maximum atomic E-state index is 13.3. The zero-order chi connectivity index (χ0) is 22.1. The molecule has 0 aliphatic heterocycles. The summed E-state index contributed by atoms with van der Waals surface area (Å²) in [6.07, 6.45) is 2.42. The number of carbonyl (C=O) groups is 2. The molecule has 1 N–H and O–H groups in total. The minimum absolute atomic E-state index is 0.00796. The summed E-state index contributed by atoms with van der Waals surface area (Å²) in [5.41, 5.74) is 3.16. The zero-order valence-electron chi connectivity index (χ0n) is 18.5. The first kappa shape index (κ1) is 23.6. The van der Waals surface area contributed by atoms with Crippen LogP contribution in [-0.4, -0.2) is 28.8 Å². The summed E-state index contributed by atoms with van der Waals surface area (Å²) in [4.78, 5) is 27.6. The van der Waals surface area contributed by atoms with Crippen LogP contribution < -0.4 is 5.32 Å². The second-order valence-corrected chi connectivity index (χ2v) is 7.91. The Hall–Kier alpha value is -2.69. The molecule has 0 aromatic heterocycles. The van der Waals surface area contributed by atoms with Gasteiger partial charge < -0.3 is 10.2 Å². The van der Waals surface area contributed by atoms with Crippen molar-refractivity contribution < 1.29 is 14.0 Å². The molecule has 0 spiro atoms. The van der Waals surface area contributed by atoms with Gasteiger partial charge in [0.05, 0.1) is 0 Å². The molecule has 1 unspecified atom stereocenters. The number of amides is 2. The van der Waals surface area contributed by atoms with Gasteiger partial charge in [0.15, 0.2) is 0 Å². The van der Waals surface area contributed by atoms with Crippen LogP contribution in [-0.2, 0) is 29.0 Å². The molecule has 0 radical (unpaired) electrons. The first-order chi connectivity index (χ1) is 14.3. The lowest BCUT2D eigenvalue weighted by atomic mass is 10.0. The van der Waals surface area contributed by atoms with E-state index in [2.05, 4.69) is 36.5 Å². The summed E-state index contributed by atoms with van der Waals surface area (Å²) in [5, 5.41) is 2.92. The first-order valence-electron chi connectivity index (χ1n) is 10.8. The predicted octanol–water partition coefficient (Wildman–Crippen LogP) is 4.65. The van der Waals surface area contributed by atoms with Crippen LogP contribution in [0.15, 0.2) is 48.5 Å². The molecule has 1 atom stereocenters. The zero-order valence-corrected chi connectivity index (χ0v) is 18.5. The van der Waals surface area contributed by atoms with Gasteiger partial charge >= 0.3 is 0 Å². The van der Waals surface area contributed by atoms with Crippen LogP contribution >= 0.6 is 0 Å². The smallest absolute Gasteiger partial charge is 0.243 e. The maximum Gasteiger partial charge on any atom is 0.243 e. The number of hydrogen-bond acceptors (Lipinski definition) is 2. The van der Waals surface area contributed by atoms with Gasteiger partial charge in [0, 0.05) is 19.0 Å². The molecule has 0 saturated heterocycles. The van der Waals surface area contributed by atoms with E-state index in [1.54, 1.807) is 17.0 Å². The Morgan fingerprint density at radius 3 is 2.03 bits per heavy atom. The molecule has 0 saturated carbocycles. The molecule has 162 valence electrons. The minimum Gasteiger partial charge on any atom is -0.352 e. The molecular formula is C25H33FN2O2. The third kappa shape index (κ3) is 6.97. The number of nitrogens with one attached hydrogen (secondary N) is 1. The molecule has 0 aliphatic carbocycles. The minimum atomic E-state index is -0.563. The van der Waals surface area contributed by atoms with Crippen molar-refractivity contribution in [3.63, 3.8) is 0 Å². The van der Waals surface area contributed by atoms with E-state index < -0.39 is 6.04 Å². The fourth-order valence-electron chi connectivity index (χ4n) is 3.42. The van der Waals surface area contributed by atoms with Crippen molar-refractivity contribution in [3.05, 3.63) is 71.0 Å². The summed E-state index contributed by atoms with van der Waals surface area (Å²) in [5.74, 6) is -0.559. The fourth-order valence-corrected chi connectivity index (χ4v) is 3.42. The number of benzene rings is 2. The van der Waals surface area contributed by atoms with E-state index in [9.17, 15) is 14.0 Å². The van der Waals surface area contributed by atoms with Crippen LogP contribution in [0.1, 0.15) is 57.2 Å². The highest BCUT2D eigenvalue weighted by Crippen LogP contribution is 2.16. The Kier molecular flexibility index (Phi) is 9.03. The average Bonchev–Trinajstić information content (AvgIpc) is 2.73. The largest absolute Gasteiger partial charge is 0.352 e. The lowest BCUT2D eigenvalue weighted by Gasteiger charge is -2.31. The van der Waals surface area contributed by atoms with Crippen molar-refractivity contribution in [2.75, 3.05) is 0 Å². The molecule has 0 fully saturated rings. The van der Waals surface area contributed by atoms with Gasteiger partial charge in [-0.15, -0.1) is 0 Å². The SMILES string of the molecule is CCc1ccc(CCC(=O)N(Cc2ccc(F)cc2)C(CC)C(=O)NC(C)C)cc1. The van der Waals surface area contributed by atoms with Crippen molar-refractivity contribution in [3.8, 4) is 0 Å². The Balaban J connectivity index is 2.17. The van der Waals surface area contributed by atoms with E-state index in [4.69, 9.17) is 0 Å². The standard InChI is InChI=1S/C25H33FN2O2/c1-5-19-7-9-20(10-8-19)13-16-24(29)28(17-21-11-14-22(26)15-12-21)23(6-2)25(30)27-18(3)4/h7-12,14-15,18,23H,5-6,13,16-17H2,1-4H3,(H,27,30). The molecule has 2 rings (SSSR count). The molecule has 4 nitrogen and oxygen atoms in total. The maximum absolute atomic E-state index is 13.3. The van der Waals surface area contributed by atoms with Crippen LogP contribution in [0, 0.1) is 5.82 Å². The van der Waals surface area contributed by atoms with Crippen LogP contribution in [0.4, 0.5) is 4.39 Å². The van der Waals surface area contributed by atoms with Crippen molar-refractivity contribution >= 4 is 11.8 Å². The number of halogens is 1. The highest BCUT2D eigenvalue weighted by molar-refractivity contribution is 5.87. The van der Waals surface area contributed by atoms with Crippen LogP contribution in [0.25, 0.3) is 0 Å². The van der Waals surface area contributed by atoms with Crippen LogP contribution in [0.5, 0.6) is 0 Å². The van der Waals surface area contributed by atoms with E-state index in [1.165, 1.54) is 17.7 Å². The molecule has 30 heavy (non-hydrogen) atoms. The Morgan fingerprint density at radius 2 is 1.50 bits per heavy atom. The summed E-state index contributed by atoms with van der Waals surface area (Å²) >= 11 is 0. The predicted molar refractivity (Wildman–Crippen MR) is 118 cm³/mol. The quantitative estimate of drug-likeness (QED) is 0.617. The van der Waals surface area contributed by atoms with Crippen molar-refractivity contribution in [2.24, 2.45) is 0 Å². The number of aryl methyl sites for hydroxylation is 2. The second kappa shape index (κ2) is 11.5. The summed E-state index contributed by atoms with van der Waals surface area (Å²) in [6, 6.07) is 13.8. The number of carbonyl (C=O) groups excluding carboxylic acids is 2. The summed E-state index contributed by atoms with van der Waals surface area (Å²) in [6.45, 7) is 8.09. The van der Waals surface area contributed by atoms with Crippen molar-refractivity contribution in [2.45, 2.75) is 72.0 Å². The fraction of sp³-hybridized carbons (Fsp3) is 0.440. The van der Waals surface area contributed by atoms with Gasteiger partial charge in [-0.05, 0) is 61.9 Å². The molecular weight excluding hydrogens is 379 g/mol. The molecule has 0 aliphatic rings. The van der Waals surface area contributed by atoms with Gasteiger partial charge in [-0.25, -0.2) is 4.39 Å². The number of nitrogens with zero attached hydrogens (tertiary/aromatic N) is 1. The third-order valence-corrected chi connectivity index (χ3v) is 5.14. The van der Waals surface area contributed by atoms with Gasteiger partial charge in [-0.1, -0.05) is 50.2 Å². The first-order valence-corrected chi connectivity index (χ1v) is 10.8. The highest BCUT2D eigenvalue weighted by Gasteiger charge is 2.28. The molecule has 5 heteroatoms. The summed E-state index contributed by atoms with van der Waals surface area (Å²) < 4.78 is 13.3. The lowest BCUT2D eigenvalue weighted by Crippen LogP contribution is -2.50. The molecule has 2 aromatic carbocycles. The molecule has 2 amide bonds. The van der Waals surface area contributed by atoms with Crippen molar-refractivity contribution in [1.82, 2.24) is 10.2 Å². The molecule has 0 heterocycles. The van der Waals surface area contributed by atoms with E-state index in [0.29, 0.717) is 19.3 Å². The third-order valence-electron chi connectivity index (χ3n) is 5.14. The topological polar surface area (TPSA) is 49.4 Å². The van der Waals surface area contributed by atoms with E-state index >= 15 is 0 Å². The van der Waals surface area contributed by atoms with E-state index in [0.717, 1.165) is 17.5 Å². The molecule has 2 aromatic rings. The normalized spacial score (nSPS) is 11.9. The Labute approximate surface area is 179 Å².